The van der Waals surface area contributed by atoms with Crippen LogP contribution in [-0.2, 0) is 27.2 Å². The number of urea groups is 2. The van der Waals surface area contributed by atoms with E-state index in [1.807, 2.05) is 63.7 Å². The first kappa shape index (κ1) is 43.2. The standard InChI is InChI=1S/C23H20F2N6O3.C21H15ClF2N6O2/c1-3-33-21-11-20-19(26-27-21)13-30(16-6-9-18-14(10-16)12-29(2)28-18)23(32)31(20)15-4-7-17(8-5-15)34-22(24)25;1-28-10-12-8-14(4-7-16(12)27-28)29-11-17-18(9-19(22)26-25-17)30(21(29)31)13-2-5-15(6-3-13)32-20(23)24/h4-12,22H,3,13H2,1-2H3;2-10,20H,11H2,1H3. The van der Waals surface area contributed by atoms with Crippen molar-refractivity contribution >= 4 is 79.6 Å². The molecule has 0 unspecified atom stereocenters. The van der Waals surface area contributed by atoms with Gasteiger partial charge in [-0.25, -0.2) is 9.59 Å². The number of aromatic nitrogens is 8. The summed E-state index contributed by atoms with van der Waals surface area (Å²) in [5, 5.41) is 27.1. The minimum atomic E-state index is -2.94. The van der Waals surface area contributed by atoms with Gasteiger partial charge in [0.2, 0.25) is 5.88 Å². The number of ether oxygens (including phenoxy) is 3. The summed E-state index contributed by atoms with van der Waals surface area (Å²) in [6.45, 7) is -3.29. The van der Waals surface area contributed by atoms with E-state index in [-0.39, 0.29) is 47.7 Å². The zero-order valence-corrected chi connectivity index (χ0v) is 35.7. The summed E-state index contributed by atoms with van der Waals surface area (Å²) in [6.07, 6.45) is 3.73. The van der Waals surface area contributed by atoms with E-state index in [2.05, 4.69) is 40.1 Å². The van der Waals surface area contributed by atoms with Crippen LogP contribution in [0, 0.1) is 0 Å². The van der Waals surface area contributed by atoms with Crippen LogP contribution >= 0.6 is 11.6 Å². The second-order valence-electron chi connectivity index (χ2n) is 14.7. The lowest BCUT2D eigenvalue weighted by Gasteiger charge is -2.36. The SMILES string of the molecule is CCOc1cc2c(nn1)CN(c1ccc3nn(C)cc3c1)C(=O)N2c1ccc(OC(F)F)cc1.Cn1cc2cc(N3Cc4nnc(Cl)cc4N(c4ccc(OC(F)F)cc4)C3=O)ccc2n1. The van der Waals surface area contributed by atoms with E-state index in [0.29, 0.717) is 52.1 Å². The summed E-state index contributed by atoms with van der Waals surface area (Å²) in [4.78, 5) is 33.3. The van der Waals surface area contributed by atoms with Gasteiger partial charge in [-0.15, -0.1) is 20.4 Å². The van der Waals surface area contributed by atoms with Crippen LogP contribution < -0.4 is 33.8 Å². The van der Waals surface area contributed by atoms with Crippen LogP contribution in [0.3, 0.4) is 0 Å². The summed E-state index contributed by atoms with van der Waals surface area (Å²) in [6, 6.07) is 25.2. The molecular formula is C44H35ClF4N12O5. The average molecular weight is 923 g/mol. The van der Waals surface area contributed by atoms with Crippen molar-refractivity contribution in [2.45, 2.75) is 33.2 Å². The normalized spacial score (nSPS) is 13.6. The van der Waals surface area contributed by atoms with Crippen LogP contribution in [0.1, 0.15) is 18.3 Å². The van der Waals surface area contributed by atoms with Gasteiger partial charge in [0.1, 0.15) is 22.9 Å². The molecule has 2 aliphatic heterocycles. The summed E-state index contributed by atoms with van der Waals surface area (Å²) >= 11 is 6.04. The molecule has 0 bridgehead atoms. The molecule has 66 heavy (non-hydrogen) atoms. The Morgan fingerprint density at radius 2 is 1.03 bits per heavy atom. The highest BCUT2D eigenvalue weighted by Gasteiger charge is 2.36. The van der Waals surface area contributed by atoms with E-state index in [1.54, 1.807) is 37.4 Å². The predicted octanol–water partition coefficient (Wildman–Crippen LogP) is 9.54. The number of alkyl halides is 4. The molecule has 0 aliphatic carbocycles. The van der Waals surface area contributed by atoms with Gasteiger partial charge >= 0.3 is 25.3 Å². The molecule has 4 amide bonds. The molecule has 4 aromatic carbocycles. The second kappa shape index (κ2) is 17.8. The lowest BCUT2D eigenvalue weighted by Crippen LogP contribution is -2.45. The number of carbonyl (C=O) groups is 2. The Morgan fingerprint density at radius 3 is 1.48 bits per heavy atom. The Bertz CT molecular complexity index is 3100. The number of halogens is 5. The van der Waals surface area contributed by atoms with E-state index in [4.69, 9.17) is 16.3 Å². The molecule has 8 aromatic rings. The van der Waals surface area contributed by atoms with Gasteiger partial charge in [0, 0.05) is 60.8 Å². The number of aryl methyl sites for hydroxylation is 2. The number of hydrogen-bond acceptors (Lipinski definition) is 11. The molecule has 0 saturated heterocycles. The molecule has 22 heteroatoms. The fourth-order valence-corrected chi connectivity index (χ4v) is 7.69. The number of anilines is 6. The van der Waals surface area contributed by atoms with Crippen molar-refractivity contribution in [1.82, 2.24) is 40.0 Å². The van der Waals surface area contributed by atoms with Gasteiger partial charge in [-0.05, 0) is 91.9 Å². The lowest BCUT2D eigenvalue weighted by atomic mass is 10.1. The zero-order valence-electron chi connectivity index (χ0n) is 35.0. The minimum Gasteiger partial charge on any atom is -0.477 e. The van der Waals surface area contributed by atoms with Gasteiger partial charge in [-0.3, -0.25) is 29.0 Å². The first-order chi connectivity index (χ1) is 31.8. The van der Waals surface area contributed by atoms with Gasteiger partial charge in [0.05, 0.1) is 53.5 Å². The number of benzene rings is 4. The molecule has 0 spiro atoms. The third kappa shape index (κ3) is 8.74. The van der Waals surface area contributed by atoms with Crippen molar-refractivity contribution < 1.29 is 41.4 Å². The maximum Gasteiger partial charge on any atom is 0.387 e. The molecule has 4 aromatic heterocycles. The molecule has 6 heterocycles. The minimum absolute atomic E-state index is 0.00910. The number of carbonyl (C=O) groups excluding carboxylic acids is 2. The molecule has 0 radical (unpaired) electrons. The van der Waals surface area contributed by atoms with Crippen LogP contribution in [0.5, 0.6) is 17.4 Å². The zero-order chi connectivity index (χ0) is 46.2. The van der Waals surface area contributed by atoms with E-state index >= 15 is 0 Å². The van der Waals surface area contributed by atoms with Crippen LogP contribution in [0.4, 0.5) is 61.3 Å². The smallest absolute Gasteiger partial charge is 0.387 e. The maximum atomic E-state index is 13.8. The number of nitrogens with zero attached hydrogens (tertiary/aromatic N) is 12. The third-order valence-corrected chi connectivity index (χ3v) is 10.5. The molecule has 0 atom stereocenters. The second-order valence-corrected chi connectivity index (χ2v) is 15.1. The largest absolute Gasteiger partial charge is 0.477 e. The summed E-state index contributed by atoms with van der Waals surface area (Å²) < 4.78 is 67.9. The molecule has 2 aliphatic rings. The average Bonchev–Trinajstić information content (AvgIpc) is 3.86. The monoisotopic (exact) mass is 922 g/mol. The van der Waals surface area contributed by atoms with Crippen LogP contribution in [0.15, 0.2) is 109 Å². The third-order valence-electron chi connectivity index (χ3n) is 10.3. The Labute approximate surface area is 376 Å². The number of amides is 4. The Hall–Kier alpha value is -8.07. The van der Waals surface area contributed by atoms with Gasteiger partial charge in [-0.1, -0.05) is 11.6 Å². The van der Waals surface area contributed by atoms with Gasteiger partial charge in [0.25, 0.3) is 0 Å². The number of fused-ring (bicyclic) bond motifs is 4. The Morgan fingerprint density at radius 1 is 0.591 bits per heavy atom. The molecular weight excluding hydrogens is 888 g/mol. The van der Waals surface area contributed by atoms with Crippen molar-refractivity contribution in [1.29, 1.82) is 0 Å². The van der Waals surface area contributed by atoms with Crippen molar-refractivity contribution in [3.63, 3.8) is 0 Å². The Balaban J connectivity index is 0.000000166. The van der Waals surface area contributed by atoms with Crippen molar-refractivity contribution in [2.75, 3.05) is 26.2 Å². The highest BCUT2D eigenvalue weighted by atomic mass is 35.5. The first-order valence-corrected chi connectivity index (χ1v) is 20.4. The van der Waals surface area contributed by atoms with Gasteiger partial charge < -0.3 is 14.2 Å². The lowest BCUT2D eigenvalue weighted by molar-refractivity contribution is -0.0505. The van der Waals surface area contributed by atoms with Crippen molar-refractivity contribution in [3.8, 4) is 17.4 Å². The van der Waals surface area contributed by atoms with Gasteiger partial charge in [0.15, 0.2) is 5.15 Å². The maximum absolute atomic E-state index is 13.8. The summed E-state index contributed by atoms with van der Waals surface area (Å²) in [5.74, 6) is 0.255. The summed E-state index contributed by atoms with van der Waals surface area (Å²) in [7, 11) is 3.65. The van der Waals surface area contributed by atoms with Crippen molar-refractivity contribution in [3.05, 3.63) is 126 Å². The molecule has 0 N–H and O–H groups in total. The van der Waals surface area contributed by atoms with Crippen molar-refractivity contribution in [2.24, 2.45) is 14.1 Å². The fourth-order valence-electron chi connectivity index (χ4n) is 7.55. The van der Waals surface area contributed by atoms with E-state index in [0.717, 1.165) is 21.8 Å². The van der Waals surface area contributed by atoms with Gasteiger partial charge in [-0.2, -0.15) is 27.8 Å². The topological polar surface area (TPSA) is 162 Å². The van der Waals surface area contributed by atoms with E-state index in [9.17, 15) is 27.2 Å². The molecule has 0 fully saturated rings. The Kier molecular flexibility index (Phi) is 11.7. The van der Waals surface area contributed by atoms with E-state index in [1.165, 1.54) is 58.3 Å². The first-order valence-electron chi connectivity index (χ1n) is 20.0. The fraction of sp³-hybridized carbons (Fsp3) is 0.182. The van der Waals surface area contributed by atoms with E-state index < -0.39 is 13.2 Å². The highest BCUT2D eigenvalue weighted by molar-refractivity contribution is 6.29. The molecule has 336 valence electrons. The van der Waals surface area contributed by atoms with Crippen LogP contribution in [-0.4, -0.2) is 71.8 Å². The van der Waals surface area contributed by atoms with Crippen LogP contribution in [0.25, 0.3) is 21.8 Å². The van der Waals surface area contributed by atoms with Crippen LogP contribution in [0.2, 0.25) is 5.15 Å². The highest BCUT2D eigenvalue weighted by Crippen LogP contribution is 2.40. The quantitative estimate of drug-likeness (QED) is 0.120. The number of rotatable bonds is 10. The molecule has 10 rings (SSSR count). The summed E-state index contributed by atoms with van der Waals surface area (Å²) in [5.41, 5.74) is 5.89. The predicted molar refractivity (Wildman–Crippen MR) is 235 cm³/mol. The molecule has 0 saturated carbocycles. The number of hydrogen-bond donors (Lipinski definition) is 0. The molecule has 17 nitrogen and oxygen atoms in total.